The van der Waals surface area contributed by atoms with Gasteiger partial charge in [-0.15, -0.1) is 0 Å². The molecule has 3 nitrogen and oxygen atoms in total. The smallest absolute Gasteiger partial charge is 0.207 e. The number of nitrogens with zero attached hydrogens (tertiary/aromatic N) is 1. The summed E-state index contributed by atoms with van der Waals surface area (Å²) in [6.45, 7) is 9.58. The van der Waals surface area contributed by atoms with Gasteiger partial charge in [-0.1, -0.05) is 79.5 Å². The molecule has 1 aliphatic rings. The van der Waals surface area contributed by atoms with Gasteiger partial charge in [0.2, 0.25) is 10.0 Å². The van der Waals surface area contributed by atoms with Crippen LogP contribution in [0.15, 0.2) is 89.4 Å². The van der Waals surface area contributed by atoms with Crippen molar-refractivity contribution < 1.29 is 8.42 Å². The predicted molar refractivity (Wildman–Crippen MR) is 111 cm³/mol. The molecule has 136 valence electrons. The van der Waals surface area contributed by atoms with Gasteiger partial charge in [0.15, 0.2) is 0 Å². The molecule has 0 spiro atoms. The van der Waals surface area contributed by atoms with Crippen LogP contribution in [-0.2, 0) is 10.0 Å². The van der Waals surface area contributed by atoms with E-state index in [-0.39, 0.29) is 0 Å². The van der Waals surface area contributed by atoms with E-state index in [1.807, 2.05) is 12.1 Å². The Hall–Kier alpha value is -1.95. The number of sulfonamides is 1. The van der Waals surface area contributed by atoms with E-state index in [1.165, 1.54) is 9.49 Å². The molecule has 5 heteroatoms. The van der Waals surface area contributed by atoms with Crippen LogP contribution in [-0.4, -0.2) is 33.9 Å². The normalized spacial score (nSPS) is 17.8. The van der Waals surface area contributed by atoms with Crippen LogP contribution >= 0.6 is 0 Å². The van der Waals surface area contributed by atoms with E-state index in [1.54, 1.807) is 24.3 Å². The van der Waals surface area contributed by atoms with Crippen molar-refractivity contribution in [3.05, 3.63) is 84.5 Å². The quantitative estimate of drug-likeness (QED) is 0.737. The van der Waals surface area contributed by atoms with Gasteiger partial charge in [0.1, 0.15) is 0 Å². The van der Waals surface area contributed by atoms with Crippen LogP contribution in [0.3, 0.4) is 0 Å². The monoisotopic (exact) mass is 383 g/mol. The van der Waals surface area contributed by atoms with Gasteiger partial charge in [-0.25, -0.2) is 8.42 Å². The lowest BCUT2D eigenvalue weighted by Gasteiger charge is -2.21. The van der Waals surface area contributed by atoms with E-state index in [9.17, 15) is 8.42 Å². The van der Waals surface area contributed by atoms with Gasteiger partial charge < -0.3 is 0 Å². The minimum atomic E-state index is -3.47. The molecule has 1 aliphatic heterocycles. The van der Waals surface area contributed by atoms with Crippen molar-refractivity contribution in [1.82, 2.24) is 4.31 Å². The molecule has 0 saturated carbocycles. The number of hydrogen-bond donors (Lipinski definition) is 0. The predicted octanol–water partition coefficient (Wildman–Crippen LogP) is 3.79. The van der Waals surface area contributed by atoms with E-state index < -0.39 is 18.1 Å². The minimum Gasteiger partial charge on any atom is -0.207 e. The summed E-state index contributed by atoms with van der Waals surface area (Å²) in [5.41, 5.74) is 1.96. The summed E-state index contributed by atoms with van der Waals surface area (Å²) in [5, 5.41) is 1.41. The molecule has 0 aromatic heterocycles. The first-order chi connectivity index (χ1) is 12.3. The van der Waals surface area contributed by atoms with Crippen molar-refractivity contribution in [2.24, 2.45) is 0 Å². The molecule has 26 heavy (non-hydrogen) atoms. The van der Waals surface area contributed by atoms with Crippen molar-refractivity contribution in [1.29, 1.82) is 0 Å². The fourth-order valence-corrected chi connectivity index (χ4v) is 6.70. The number of hydrogen-bond acceptors (Lipinski definition) is 2. The summed E-state index contributed by atoms with van der Waals surface area (Å²) in [6, 6.07) is 20.2. The van der Waals surface area contributed by atoms with Crippen molar-refractivity contribution in [2.75, 3.05) is 13.1 Å². The SMILES string of the molecule is C=C1CN(S(=O)(=O)c2ccccc2)C/C1=C\C[Si](C)(C)c1ccccc1. The lowest BCUT2D eigenvalue weighted by Crippen LogP contribution is -2.40. The molecule has 2 aromatic carbocycles. The van der Waals surface area contributed by atoms with Crippen LogP contribution in [0.25, 0.3) is 0 Å². The Morgan fingerprint density at radius 3 is 2.19 bits per heavy atom. The zero-order chi connectivity index (χ0) is 18.8. The first-order valence-corrected chi connectivity index (χ1v) is 13.4. The molecule has 0 amide bonds. The molecule has 0 aliphatic carbocycles. The fourth-order valence-electron chi connectivity index (χ4n) is 3.18. The van der Waals surface area contributed by atoms with E-state index in [4.69, 9.17) is 0 Å². The average molecular weight is 384 g/mol. The standard InChI is InChI=1S/C21H25NO2SSi/c1-18-16-22(25(23,24)20-10-6-4-7-11-20)17-19(18)14-15-26(2,3)21-12-8-5-9-13-21/h4-14H,1,15-17H2,2-3H3/b19-14+. The third-order valence-electron chi connectivity index (χ3n) is 4.96. The topological polar surface area (TPSA) is 37.4 Å². The van der Waals surface area contributed by atoms with E-state index in [0.717, 1.165) is 17.2 Å². The Labute approximate surface area is 157 Å². The highest BCUT2D eigenvalue weighted by Gasteiger charge is 2.32. The third-order valence-corrected chi connectivity index (χ3v) is 9.89. The summed E-state index contributed by atoms with van der Waals surface area (Å²) in [4.78, 5) is 0.341. The van der Waals surface area contributed by atoms with Gasteiger partial charge in [0.05, 0.1) is 13.0 Å². The molecule has 0 N–H and O–H groups in total. The molecular formula is C21H25NO2SSi. The van der Waals surface area contributed by atoms with Crippen LogP contribution in [0.5, 0.6) is 0 Å². The average Bonchev–Trinajstić information content (AvgIpc) is 3.03. The summed E-state index contributed by atoms with van der Waals surface area (Å²) >= 11 is 0. The molecule has 0 bridgehead atoms. The lowest BCUT2D eigenvalue weighted by molar-refractivity contribution is 0.489. The Morgan fingerprint density at radius 2 is 1.58 bits per heavy atom. The molecule has 2 aromatic rings. The van der Waals surface area contributed by atoms with Gasteiger partial charge in [0.25, 0.3) is 0 Å². The molecule has 1 saturated heterocycles. The molecule has 3 rings (SSSR count). The highest BCUT2D eigenvalue weighted by atomic mass is 32.2. The number of benzene rings is 2. The van der Waals surface area contributed by atoms with Crippen molar-refractivity contribution >= 4 is 23.3 Å². The van der Waals surface area contributed by atoms with Gasteiger partial charge in [0, 0.05) is 13.1 Å². The number of allylic oxidation sites excluding steroid dienone is 1. The second-order valence-electron chi connectivity index (χ2n) is 7.37. The van der Waals surface area contributed by atoms with Gasteiger partial charge in [-0.05, 0) is 29.3 Å². The van der Waals surface area contributed by atoms with Crippen molar-refractivity contribution in [3.63, 3.8) is 0 Å². The maximum absolute atomic E-state index is 12.8. The largest absolute Gasteiger partial charge is 0.243 e. The van der Waals surface area contributed by atoms with Gasteiger partial charge in [-0.3, -0.25) is 0 Å². The molecule has 1 fully saturated rings. The summed E-state index contributed by atoms with van der Waals surface area (Å²) < 4.78 is 27.2. The maximum atomic E-state index is 12.8. The van der Waals surface area contributed by atoms with Gasteiger partial charge >= 0.3 is 0 Å². The maximum Gasteiger partial charge on any atom is 0.243 e. The fraction of sp³-hybridized carbons (Fsp3) is 0.238. The van der Waals surface area contributed by atoms with E-state index in [0.29, 0.717) is 18.0 Å². The molecule has 1 heterocycles. The van der Waals surface area contributed by atoms with Crippen molar-refractivity contribution in [3.8, 4) is 0 Å². The lowest BCUT2D eigenvalue weighted by atomic mass is 10.1. The van der Waals surface area contributed by atoms with Gasteiger partial charge in [-0.2, -0.15) is 4.31 Å². The molecule has 0 unspecified atom stereocenters. The summed E-state index contributed by atoms with van der Waals surface area (Å²) in [7, 11) is -5.06. The zero-order valence-electron chi connectivity index (χ0n) is 15.4. The minimum absolute atomic E-state index is 0.341. The first-order valence-electron chi connectivity index (χ1n) is 8.78. The Balaban J connectivity index is 1.77. The second kappa shape index (κ2) is 7.35. The van der Waals surface area contributed by atoms with Crippen LogP contribution in [0.2, 0.25) is 19.1 Å². The summed E-state index contributed by atoms with van der Waals surface area (Å²) in [5.74, 6) is 0. The number of rotatable bonds is 5. The van der Waals surface area contributed by atoms with Crippen LogP contribution < -0.4 is 5.19 Å². The highest BCUT2D eigenvalue weighted by Crippen LogP contribution is 2.28. The Morgan fingerprint density at radius 1 is 1.00 bits per heavy atom. The van der Waals surface area contributed by atoms with Crippen LogP contribution in [0.4, 0.5) is 0 Å². The summed E-state index contributed by atoms with van der Waals surface area (Å²) in [6.07, 6.45) is 2.21. The van der Waals surface area contributed by atoms with E-state index in [2.05, 4.69) is 50.0 Å². The Kier molecular flexibility index (Phi) is 5.32. The first kappa shape index (κ1) is 18.8. The zero-order valence-corrected chi connectivity index (χ0v) is 17.2. The highest BCUT2D eigenvalue weighted by molar-refractivity contribution is 7.89. The molecule has 0 atom stereocenters. The van der Waals surface area contributed by atoms with Crippen LogP contribution in [0, 0.1) is 0 Å². The molecular weight excluding hydrogens is 358 g/mol. The molecule has 0 radical (unpaired) electrons. The Bertz CT molecular complexity index is 919. The third kappa shape index (κ3) is 3.90. The van der Waals surface area contributed by atoms with Crippen LogP contribution in [0.1, 0.15) is 0 Å². The van der Waals surface area contributed by atoms with E-state index >= 15 is 0 Å². The van der Waals surface area contributed by atoms with Crippen molar-refractivity contribution in [2.45, 2.75) is 24.0 Å². The second-order valence-corrected chi connectivity index (χ2v) is 14.1.